The zero-order chi connectivity index (χ0) is 31.1. The molecule has 226 valence electrons. The molecule has 7 nitrogen and oxygen atoms in total. The lowest BCUT2D eigenvalue weighted by Crippen LogP contribution is -2.50. The van der Waals surface area contributed by atoms with Crippen molar-refractivity contribution in [2.75, 3.05) is 36.4 Å². The first-order valence-corrected chi connectivity index (χ1v) is 14.6. The fraction of sp³-hybridized carbons (Fsp3) is 0.229. The first-order valence-electron chi connectivity index (χ1n) is 14.6. The minimum Gasteiger partial charge on any atom is -0.367 e. The van der Waals surface area contributed by atoms with Crippen LogP contribution in [0.25, 0.3) is 0 Å². The monoisotopic (exact) mass is 596 g/mol. The van der Waals surface area contributed by atoms with Crippen LogP contribution in [0.15, 0.2) is 97.1 Å². The Bertz CT molecular complexity index is 1620. The van der Waals surface area contributed by atoms with E-state index < -0.39 is 11.7 Å². The van der Waals surface area contributed by atoms with Crippen molar-refractivity contribution in [1.82, 2.24) is 10.2 Å². The van der Waals surface area contributed by atoms with Gasteiger partial charge in [-0.05, 0) is 60.0 Å². The van der Waals surface area contributed by atoms with Gasteiger partial charge in [-0.1, -0.05) is 61.5 Å². The van der Waals surface area contributed by atoms with Crippen LogP contribution >= 0.6 is 0 Å². The molecule has 0 aliphatic carbocycles. The van der Waals surface area contributed by atoms with Crippen molar-refractivity contribution in [3.63, 3.8) is 0 Å². The number of nitrogens with zero attached hydrogens (tertiary/aromatic N) is 2. The Morgan fingerprint density at radius 1 is 0.773 bits per heavy atom. The minimum absolute atomic E-state index is 0.0850. The van der Waals surface area contributed by atoms with E-state index in [4.69, 9.17) is 0 Å². The van der Waals surface area contributed by atoms with Crippen LogP contribution in [0.4, 0.5) is 20.2 Å². The molecule has 9 heteroatoms. The molecule has 0 saturated carbocycles. The highest BCUT2D eigenvalue weighted by molar-refractivity contribution is 6.06. The molecule has 4 aromatic carbocycles. The van der Waals surface area contributed by atoms with Crippen molar-refractivity contribution in [3.05, 3.63) is 131 Å². The van der Waals surface area contributed by atoms with Crippen molar-refractivity contribution in [2.45, 2.75) is 25.8 Å². The smallest absolute Gasteiger partial charge is 0.258 e. The van der Waals surface area contributed by atoms with Gasteiger partial charge in [-0.3, -0.25) is 14.4 Å². The van der Waals surface area contributed by atoms with Gasteiger partial charge in [0.05, 0.1) is 17.0 Å². The molecule has 5 rings (SSSR count). The number of carbonyl (C=O) groups is 3. The van der Waals surface area contributed by atoms with Crippen LogP contribution in [0.2, 0.25) is 0 Å². The molecule has 4 aromatic rings. The molecule has 1 aliphatic heterocycles. The average Bonchev–Trinajstić information content (AvgIpc) is 3.05. The summed E-state index contributed by atoms with van der Waals surface area (Å²) in [7, 11) is 0. The Hall–Kier alpha value is -5.05. The van der Waals surface area contributed by atoms with E-state index in [2.05, 4.69) is 10.6 Å². The van der Waals surface area contributed by atoms with E-state index in [-0.39, 0.29) is 35.7 Å². The van der Waals surface area contributed by atoms with Crippen LogP contribution in [-0.2, 0) is 11.3 Å². The van der Waals surface area contributed by atoms with E-state index >= 15 is 0 Å². The second-order valence-corrected chi connectivity index (χ2v) is 10.7. The summed E-state index contributed by atoms with van der Waals surface area (Å²) >= 11 is 0. The normalized spacial score (nSPS) is 13.7. The lowest BCUT2D eigenvalue weighted by atomic mass is 9.94. The van der Waals surface area contributed by atoms with Crippen LogP contribution in [0.1, 0.15) is 51.1 Å². The lowest BCUT2D eigenvalue weighted by Gasteiger charge is -2.38. The standard InChI is InChI=1S/C35H34F2N4O3/c1-2-28(25-8-4-3-5-9-25)35(44)41-20-18-40(19-21-41)32-17-16-27(39-34(43)29-10-6-7-11-31(29)37)22-30(32)33(42)38-23-24-12-14-26(36)15-13-24/h3-17,22,28H,2,18-21,23H2,1H3,(H,38,42)(H,39,43). The molecule has 0 aromatic heterocycles. The fourth-order valence-electron chi connectivity index (χ4n) is 5.42. The van der Waals surface area contributed by atoms with Crippen LogP contribution in [-0.4, -0.2) is 48.8 Å². The van der Waals surface area contributed by atoms with Crippen LogP contribution in [0.5, 0.6) is 0 Å². The number of nitrogens with one attached hydrogen (secondary N) is 2. The Balaban J connectivity index is 1.34. The third-order valence-corrected chi connectivity index (χ3v) is 7.82. The van der Waals surface area contributed by atoms with Crippen LogP contribution in [0.3, 0.4) is 0 Å². The largest absolute Gasteiger partial charge is 0.367 e. The molecular weight excluding hydrogens is 562 g/mol. The quantitative estimate of drug-likeness (QED) is 0.249. The summed E-state index contributed by atoms with van der Waals surface area (Å²) < 4.78 is 27.6. The van der Waals surface area contributed by atoms with Crippen molar-refractivity contribution in [3.8, 4) is 0 Å². The van der Waals surface area contributed by atoms with Gasteiger partial charge in [0.25, 0.3) is 11.8 Å². The Morgan fingerprint density at radius 3 is 2.14 bits per heavy atom. The Kier molecular flexibility index (Phi) is 9.64. The summed E-state index contributed by atoms with van der Waals surface area (Å²) in [5, 5.41) is 5.57. The van der Waals surface area contributed by atoms with Gasteiger partial charge in [-0.2, -0.15) is 0 Å². The minimum atomic E-state index is -0.649. The number of anilines is 2. The molecule has 1 saturated heterocycles. The van der Waals surface area contributed by atoms with Gasteiger partial charge in [-0.25, -0.2) is 8.78 Å². The molecule has 1 fully saturated rings. The number of benzene rings is 4. The number of hydrogen-bond acceptors (Lipinski definition) is 4. The van der Waals surface area contributed by atoms with Gasteiger partial charge in [0, 0.05) is 44.1 Å². The van der Waals surface area contributed by atoms with Gasteiger partial charge < -0.3 is 20.4 Å². The van der Waals surface area contributed by atoms with Gasteiger partial charge in [0.1, 0.15) is 11.6 Å². The summed E-state index contributed by atoms with van der Waals surface area (Å²) in [5.41, 5.74) is 2.90. The van der Waals surface area contributed by atoms with Gasteiger partial charge >= 0.3 is 0 Å². The third kappa shape index (κ3) is 7.11. The van der Waals surface area contributed by atoms with E-state index in [0.717, 1.165) is 11.1 Å². The molecule has 1 unspecified atom stereocenters. The van der Waals surface area contributed by atoms with E-state index in [1.807, 2.05) is 47.1 Å². The number of rotatable bonds is 9. The zero-order valence-corrected chi connectivity index (χ0v) is 24.4. The molecule has 2 N–H and O–H groups in total. The number of carbonyl (C=O) groups excluding carboxylic acids is 3. The molecule has 0 bridgehead atoms. The predicted octanol–water partition coefficient (Wildman–Crippen LogP) is 5.99. The van der Waals surface area contributed by atoms with Gasteiger partial charge in [0.15, 0.2) is 0 Å². The second kappa shape index (κ2) is 13.9. The van der Waals surface area contributed by atoms with Crippen molar-refractivity contribution >= 4 is 29.1 Å². The number of amides is 3. The van der Waals surface area contributed by atoms with E-state index in [9.17, 15) is 23.2 Å². The van der Waals surface area contributed by atoms with Gasteiger partial charge in [0.2, 0.25) is 5.91 Å². The molecule has 44 heavy (non-hydrogen) atoms. The summed E-state index contributed by atoms with van der Waals surface area (Å²) in [6.07, 6.45) is 0.696. The third-order valence-electron chi connectivity index (χ3n) is 7.82. The molecule has 0 spiro atoms. The summed E-state index contributed by atoms with van der Waals surface area (Å²) in [5.74, 6) is -2.17. The average molecular weight is 597 g/mol. The first kappa shape index (κ1) is 30.4. The molecule has 3 amide bonds. The fourth-order valence-corrected chi connectivity index (χ4v) is 5.42. The topological polar surface area (TPSA) is 81.8 Å². The second-order valence-electron chi connectivity index (χ2n) is 10.7. The Labute approximate surface area is 255 Å². The molecular formula is C35H34F2N4O3. The maximum absolute atomic E-state index is 14.2. The number of piperazine rings is 1. The summed E-state index contributed by atoms with van der Waals surface area (Å²) in [6.45, 7) is 4.18. The molecule has 1 aliphatic rings. The van der Waals surface area contributed by atoms with E-state index in [1.165, 1.54) is 30.3 Å². The molecule has 1 atom stereocenters. The van der Waals surface area contributed by atoms with E-state index in [1.54, 1.807) is 36.4 Å². The van der Waals surface area contributed by atoms with Crippen molar-refractivity contribution in [1.29, 1.82) is 0 Å². The molecule has 0 radical (unpaired) electrons. The SMILES string of the molecule is CCC(C(=O)N1CCN(c2ccc(NC(=O)c3ccccc3F)cc2C(=O)NCc2ccc(F)cc2)CC1)c1ccccc1. The number of hydrogen-bond donors (Lipinski definition) is 2. The Morgan fingerprint density at radius 2 is 1.45 bits per heavy atom. The van der Waals surface area contributed by atoms with Crippen molar-refractivity contribution < 1.29 is 23.2 Å². The van der Waals surface area contributed by atoms with E-state index in [0.29, 0.717) is 49.5 Å². The lowest BCUT2D eigenvalue weighted by molar-refractivity contribution is -0.133. The molecule has 1 heterocycles. The van der Waals surface area contributed by atoms with Crippen LogP contribution < -0.4 is 15.5 Å². The first-order chi connectivity index (χ1) is 21.3. The highest BCUT2D eigenvalue weighted by Crippen LogP contribution is 2.28. The summed E-state index contributed by atoms with van der Waals surface area (Å²) in [4.78, 5) is 43.7. The van der Waals surface area contributed by atoms with Crippen LogP contribution in [0, 0.1) is 11.6 Å². The highest BCUT2D eigenvalue weighted by atomic mass is 19.1. The highest BCUT2D eigenvalue weighted by Gasteiger charge is 2.29. The maximum Gasteiger partial charge on any atom is 0.258 e. The number of halogens is 2. The maximum atomic E-state index is 14.2. The van der Waals surface area contributed by atoms with Gasteiger partial charge in [-0.15, -0.1) is 0 Å². The predicted molar refractivity (Wildman–Crippen MR) is 167 cm³/mol. The summed E-state index contributed by atoms with van der Waals surface area (Å²) in [6, 6.07) is 26.3. The zero-order valence-electron chi connectivity index (χ0n) is 24.4. The van der Waals surface area contributed by atoms with Crippen molar-refractivity contribution in [2.24, 2.45) is 0 Å².